The maximum atomic E-state index is 11.9. The molecule has 1 N–H and O–H groups in total. The maximum Gasteiger partial charge on any atom is 0.270 e. The van der Waals surface area contributed by atoms with Gasteiger partial charge in [0.1, 0.15) is 5.69 Å². The number of aromatic nitrogens is 1. The van der Waals surface area contributed by atoms with Gasteiger partial charge in [-0.1, -0.05) is 0 Å². The van der Waals surface area contributed by atoms with Crippen molar-refractivity contribution in [2.75, 3.05) is 26.3 Å². The number of rotatable bonds is 2. The Morgan fingerprint density at radius 3 is 2.80 bits per heavy atom. The second-order valence-corrected chi connectivity index (χ2v) is 3.55. The average Bonchev–Trinajstić information content (AvgIpc) is 2.78. The summed E-state index contributed by atoms with van der Waals surface area (Å²) in [5, 5.41) is 0. The molecule has 0 spiro atoms. The molecule has 1 aromatic rings. The van der Waals surface area contributed by atoms with Crippen molar-refractivity contribution in [2.45, 2.75) is 6.42 Å². The summed E-state index contributed by atoms with van der Waals surface area (Å²) >= 11 is 0. The smallest absolute Gasteiger partial charge is 0.270 e. The van der Waals surface area contributed by atoms with E-state index in [9.17, 15) is 4.79 Å². The van der Waals surface area contributed by atoms with Crippen LogP contribution in [0.25, 0.3) is 0 Å². The minimum Gasteiger partial charge on any atom is -0.378 e. The third-order valence-corrected chi connectivity index (χ3v) is 2.54. The number of H-pyrrole nitrogens is 1. The molecule has 2 heterocycles. The van der Waals surface area contributed by atoms with Crippen LogP contribution in [0, 0.1) is 6.92 Å². The molecule has 1 fully saturated rings. The van der Waals surface area contributed by atoms with E-state index in [1.54, 1.807) is 0 Å². The highest BCUT2D eigenvalue weighted by atomic mass is 16.5. The van der Waals surface area contributed by atoms with E-state index in [0.717, 1.165) is 5.69 Å². The number of hydrogen-bond donors (Lipinski definition) is 1. The van der Waals surface area contributed by atoms with Crippen LogP contribution < -0.4 is 0 Å². The van der Waals surface area contributed by atoms with E-state index in [1.165, 1.54) is 0 Å². The van der Waals surface area contributed by atoms with Crippen LogP contribution in [0.4, 0.5) is 0 Å². The zero-order valence-corrected chi connectivity index (χ0v) is 8.66. The molecule has 15 heavy (non-hydrogen) atoms. The summed E-state index contributed by atoms with van der Waals surface area (Å²) < 4.78 is 5.20. The van der Waals surface area contributed by atoms with Crippen LogP contribution >= 0.6 is 0 Å². The summed E-state index contributed by atoms with van der Waals surface area (Å²) in [6, 6.07) is 3.72. The third kappa shape index (κ3) is 2.21. The number of aromatic amines is 1. The SMILES string of the molecule is [CH2]Cc1ccc(C(=O)N2CCOCC2)[nH]1. The molecule has 4 nitrogen and oxygen atoms in total. The zero-order valence-electron chi connectivity index (χ0n) is 8.66. The lowest BCUT2D eigenvalue weighted by molar-refractivity contribution is 0.0299. The van der Waals surface area contributed by atoms with Crippen LogP contribution in [0.1, 0.15) is 16.2 Å². The number of nitrogens with zero attached hydrogens (tertiary/aromatic N) is 1. The Hall–Kier alpha value is -1.29. The Labute approximate surface area is 89.2 Å². The normalized spacial score (nSPS) is 16.7. The van der Waals surface area contributed by atoms with Crippen molar-refractivity contribution < 1.29 is 9.53 Å². The minimum absolute atomic E-state index is 0.0537. The van der Waals surface area contributed by atoms with Crippen LogP contribution in [0.5, 0.6) is 0 Å². The molecule has 81 valence electrons. The maximum absolute atomic E-state index is 11.9. The molecule has 1 aromatic heterocycles. The van der Waals surface area contributed by atoms with Crippen LogP contribution in [0.2, 0.25) is 0 Å². The fraction of sp³-hybridized carbons (Fsp3) is 0.455. The first-order valence-corrected chi connectivity index (χ1v) is 5.15. The Bertz CT molecular complexity index is 340. The van der Waals surface area contributed by atoms with Crippen molar-refractivity contribution in [1.82, 2.24) is 9.88 Å². The zero-order chi connectivity index (χ0) is 10.7. The van der Waals surface area contributed by atoms with Gasteiger partial charge in [0.2, 0.25) is 0 Å². The van der Waals surface area contributed by atoms with Crippen molar-refractivity contribution >= 4 is 5.91 Å². The second-order valence-electron chi connectivity index (χ2n) is 3.55. The molecule has 1 aliphatic rings. The first-order valence-electron chi connectivity index (χ1n) is 5.15. The second kappa shape index (κ2) is 4.49. The van der Waals surface area contributed by atoms with E-state index in [0.29, 0.717) is 38.4 Å². The van der Waals surface area contributed by atoms with Crippen molar-refractivity contribution in [2.24, 2.45) is 0 Å². The fourth-order valence-electron chi connectivity index (χ4n) is 1.65. The summed E-state index contributed by atoms with van der Waals surface area (Å²) in [5.41, 5.74) is 1.64. The van der Waals surface area contributed by atoms with Gasteiger partial charge in [-0.15, -0.1) is 0 Å². The van der Waals surface area contributed by atoms with E-state index in [2.05, 4.69) is 11.9 Å². The first kappa shape index (κ1) is 10.2. The van der Waals surface area contributed by atoms with Gasteiger partial charge in [0.25, 0.3) is 5.91 Å². The molecule has 0 bridgehead atoms. The standard InChI is InChI=1S/C11H15N2O2/c1-2-9-3-4-10(12-9)11(14)13-5-7-15-8-6-13/h3-4,12H,1-2,5-8H2. The predicted octanol–water partition coefficient (Wildman–Crippen LogP) is 0.864. The summed E-state index contributed by atoms with van der Waals surface area (Å²) in [4.78, 5) is 16.8. The number of morpholine rings is 1. The molecule has 1 saturated heterocycles. The average molecular weight is 207 g/mol. The van der Waals surface area contributed by atoms with Gasteiger partial charge < -0.3 is 14.6 Å². The Morgan fingerprint density at radius 2 is 2.20 bits per heavy atom. The van der Waals surface area contributed by atoms with Crippen LogP contribution in [-0.4, -0.2) is 42.1 Å². The minimum atomic E-state index is 0.0537. The van der Waals surface area contributed by atoms with Gasteiger partial charge in [0.15, 0.2) is 0 Å². The van der Waals surface area contributed by atoms with E-state index in [-0.39, 0.29) is 5.91 Å². The van der Waals surface area contributed by atoms with Gasteiger partial charge in [-0.05, 0) is 25.5 Å². The molecule has 0 saturated carbocycles. The summed E-state index contributed by atoms with van der Waals surface area (Å²) in [5.74, 6) is 0.0537. The quantitative estimate of drug-likeness (QED) is 0.782. The molecule has 0 atom stereocenters. The van der Waals surface area contributed by atoms with Crippen LogP contribution in [0.3, 0.4) is 0 Å². The Kier molecular flexibility index (Phi) is 3.06. The molecule has 1 radical (unpaired) electrons. The molecular formula is C11H15N2O2. The topological polar surface area (TPSA) is 45.3 Å². The van der Waals surface area contributed by atoms with E-state index < -0.39 is 0 Å². The highest BCUT2D eigenvalue weighted by Gasteiger charge is 2.19. The van der Waals surface area contributed by atoms with Crippen molar-refractivity contribution in [3.8, 4) is 0 Å². The summed E-state index contributed by atoms with van der Waals surface area (Å²) in [7, 11) is 0. The lowest BCUT2D eigenvalue weighted by Gasteiger charge is -2.26. The molecule has 1 amide bonds. The summed E-state index contributed by atoms with van der Waals surface area (Å²) in [6.45, 7) is 6.39. The molecule has 0 aliphatic carbocycles. The lowest BCUT2D eigenvalue weighted by Crippen LogP contribution is -2.40. The molecule has 0 unspecified atom stereocenters. The molecule has 4 heteroatoms. The highest BCUT2D eigenvalue weighted by Crippen LogP contribution is 2.08. The monoisotopic (exact) mass is 207 g/mol. The Balaban J connectivity index is 2.05. The molecule has 2 rings (SSSR count). The number of nitrogens with one attached hydrogen (secondary N) is 1. The number of hydrogen-bond acceptors (Lipinski definition) is 2. The van der Waals surface area contributed by atoms with Crippen LogP contribution in [0.15, 0.2) is 12.1 Å². The van der Waals surface area contributed by atoms with Gasteiger partial charge >= 0.3 is 0 Å². The number of ether oxygens (including phenoxy) is 1. The van der Waals surface area contributed by atoms with Crippen molar-refractivity contribution in [3.63, 3.8) is 0 Å². The van der Waals surface area contributed by atoms with Crippen molar-refractivity contribution in [1.29, 1.82) is 0 Å². The first-order chi connectivity index (χ1) is 7.31. The number of carbonyl (C=O) groups is 1. The third-order valence-electron chi connectivity index (χ3n) is 2.54. The lowest BCUT2D eigenvalue weighted by atomic mass is 10.3. The van der Waals surface area contributed by atoms with Crippen molar-refractivity contribution in [3.05, 3.63) is 30.4 Å². The largest absolute Gasteiger partial charge is 0.378 e. The fourth-order valence-corrected chi connectivity index (χ4v) is 1.65. The van der Waals surface area contributed by atoms with E-state index >= 15 is 0 Å². The van der Waals surface area contributed by atoms with Crippen LogP contribution in [-0.2, 0) is 11.2 Å². The number of amides is 1. The van der Waals surface area contributed by atoms with Gasteiger partial charge in [-0.2, -0.15) is 0 Å². The number of carbonyl (C=O) groups excluding carboxylic acids is 1. The van der Waals surface area contributed by atoms with Gasteiger partial charge in [0.05, 0.1) is 13.2 Å². The molecular weight excluding hydrogens is 192 g/mol. The molecule has 1 aliphatic heterocycles. The molecule has 0 aromatic carbocycles. The van der Waals surface area contributed by atoms with E-state index in [4.69, 9.17) is 4.74 Å². The summed E-state index contributed by atoms with van der Waals surface area (Å²) in [6.07, 6.45) is 0.677. The van der Waals surface area contributed by atoms with Gasteiger partial charge in [-0.25, -0.2) is 0 Å². The van der Waals surface area contributed by atoms with E-state index in [1.807, 2.05) is 17.0 Å². The van der Waals surface area contributed by atoms with Gasteiger partial charge in [0, 0.05) is 18.8 Å². The Morgan fingerprint density at radius 1 is 1.47 bits per heavy atom. The van der Waals surface area contributed by atoms with Gasteiger partial charge in [-0.3, -0.25) is 4.79 Å². The highest BCUT2D eigenvalue weighted by molar-refractivity contribution is 5.92. The predicted molar refractivity (Wildman–Crippen MR) is 56.6 cm³/mol.